The molecule has 0 amide bonds. The molecule has 0 aliphatic heterocycles. The molecule has 3 heteroatoms. The highest BCUT2D eigenvalue weighted by atomic mass is 32.2. The van der Waals surface area contributed by atoms with Crippen LogP contribution in [0.3, 0.4) is 0 Å². The van der Waals surface area contributed by atoms with Crippen LogP contribution in [-0.4, -0.2) is 36.3 Å². The number of ether oxygens (including phenoxy) is 1. The summed E-state index contributed by atoms with van der Waals surface area (Å²) in [7, 11) is 1.76. The summed E-state index contributed by atoms with van der Waals surface area (Å²) in [5, 5.41) is 3.59. The first-order valence-electron chi connectivity index (χ1n) is 5.74. The van der Waals surface area contributed by atoms with Crippen LogP contribution in [-0.2, 0) is 4.74 Å². The molecule has 0 aromatic rings. The van der Waals surface area contributed by atoms with Gasteiger partial charge in [0, 0.05) is 36.3 Å². The van der Waals surface area contributed by atoms with Crippen molar-refractivity contribution < 1.29 is 4.74 Å². The van der Waals surface area contributed by atoms with Gasteiger partial charge in [-0.25, -0.2) is 0 Å². The molecule has 0 saturated heterocycles. The van der Waals surface area contributed by atoms with E-state index in [9.17, 15) is 0 Å². The third-order valence-corrected chi connectivity index (χ3v) is 3.62. The highest BCUT2D eigenvalue weighted by Gasteiger charge is 2.13. The van der Waals surface area contributed by atoms with Crippen LogP contribution in [0, 0.1) is 0 Å². The van der Waals surface area contributed by atoms with E-state index in [4.69, 9.17) is 4.74 Å². The molecule has 0 aromatic carbocycles. The number of hydrogen-bond acceptors (Lipinski definition) is 3. The fourth-order valence-corrected chi connectivity index (χ4v) is 2.13. The van der Waals surface area contributed by atoms with E-state index in [1.807, 2.05) is 11.8 Å². The number of nitrogens with one attached hydrogen (secondary N) is 1. The molecule has 2 unspecified atom stereocenters. The molecular formula is C12H27NOS. The summed E-state index contributed by atoms with van der Waals surface area (Å²) >= 11 is 2.01. The van der Waals surface area contributed by atoms with Crippen LogP contribution in [0.25, 0.3) is 0 Å². The molecule has 2 atom stereocenters. The van der Waals surface area contributed by atoms with Gasteiger partial charge in [0.25, 0.3) is 0 Å². The van der Waals surface area contributed by atoms with Crippen molar-refractivity contribution >= 4 is 11.8 Å². The lowest BCUT2D eigenvalue weighted by molar-refractivity contribution is 0.183. The molecular weight excluding hydrogens is 206 g/mol. The van der Waals surface area contributed by atoms with E-state index in [1.54, 1.807) is 7.11 Å². The number of thioether (sulfide) groups is 1. The van der Waals surface area contributed by atoms with Gasteiger partial charge in [-0.05, 0) is 20.3 Å². The van der Waals surface area contributed by atoms with Crippen molar-refractivity contribution in [2.75, 3.05) is 19.5 Å². The minimum absolute atomic E-state index is 0.367. The van der Waals surface area contributed by atoms with Gasteiger partial charge in [0.2, 0.25) is 0 Å². The molecule has 0 spiro atoms. The van der Waals surface area contributed by atoms with Gasteiger partial charge in [-0.15, -0.1) is 0 Å². The molecule has 0 aliphatic rings. The monoisotopic (exact) mass is 233 g/mol. The van der Waals surface area contributed by atoms with Gasteiger partial charge in [-0.2, -0.15) is 11.8 Å². The average Bonchev–Trinajstić information content (AvgIpc) is 2.10. The second-order valence-corrected chi connectivity index (χ2v) is 7.02. The molecule has 0 heterocycles. The molecule has 92 valence electrons. The van der Waals surface area contributed by atoms with Crippen molar-refractivity contribution in [1.29, 1.82) is 0 Å². The minimum Gasteiger partial charge on any atom is -0.385 e. The zero-order valence-corrected chi connectivity index (χ0v) is 11.9. The molecule has 0 saturated carbocycles. The Balaban J connectivity index is 3.59. The normalized spacial score (nSPS) is 16.4. The molecule has 0 bridgehead atoms. The third-order valence-electron chi connectivity index (χ3n) is 2.09. The Labute approximate surface area is 99.5 Å². The van der Waals surface area contributed by atoms with Gasteiger partial charge in [0.1, 0.15) is 0 Å². The maximum atomic E-state index is 5.06. The van der Waals surface area contributed by atoms with Crippen LogP contribution < -0.4 is 5.32 Å². The maximum absolute atomic E-state index is 5.06. The van der Waals surface area contributed by atoms with Crippen LogP contribution in [0.15, 0.2) is 0 Å². The fourth-order valence-electron chi connectivity index (χ4n) is 1.29. The zero-order valence-electron chi connectivity index (χ0n) is 11.1. The summed E-state index contributed by atoms with van der Waals surface area (Å²) in [5.74, 6) is 1.17. The largest absolute Gasteiger partial charge is 0.385 e. The van der Waals surface area contributed by atoms with E-state index < -0.39 is 0 Å². The predicted molar refractivity (Wildman–Crippen MR) is 70.8 cm³/mol. The van der Waals surface area contributed by atoms with Crippen molar-refractivity contribution in [3.8, 4) is 0 Å². The van der Waals surface area contributed by atoms with Crippen LogP contribution in [0.4, 0.5) is 0 Å². The molecule has 2 nitrogen and oxygen atoms in total. The van der Waals surface area contributed by atoms with Crippen LogP contribution >= 0.6 is 11.8 Å². The summed E-state index contributed by atoms with van der Waals surface area (Å²) in [6.45, 7) is 12.1. The maximum Gasteiger partial charge on any atom is 0.0476 e. The van der Waals surface area contributed by atoms with E-state index in [2.05, 4.69) is 39.9 Å². The van der Waals surface area contributed by atoms with Gasteiger partial charge in [-0.1, -0.05) is 20.8 Å². The summed E-state index contributed by atoms with van der Waals surface area (Å²) in [4.78, 5) is 0. The minimum atomic E-state index is 0.367. The molecule has 0 aliphatic carbocycles. The topological polar surface area (TPSA) is 21.3 Å². The smallest absolute Gasteiger partial charge is 0.0476 e. The van der Waals surface area contributed by atoms with Gasteiger partial charge in [0.15, 0.2) is 0 Å². The van der Waals surface area contributed by atoms with E-state index in [0.717, 1.165) is 13.0 Å². The summed E-state index contributed by atoms with van der Waals surface area (Å²) in [6, 6.07) is 1.11. The summed E-state index contributed by atoms with van der Waals surface area (Å²) < 4.78 is 5.43. The highest BCUT2D eigenvalue weighted by Crippen LogP contribution is 2.23. The van der Waals surface area contributed by atoms with Gasteiger partial charge < -0.3 is 10.1 Å². The first kappa shape index (κ1) is 15.3. The molecule has 0 rings (SSSR count). The highest BCUT2D eigenvalue weighted by molar-refractivity contribution is 8.00. The molecule has 1 N–H and O–H groups in total. The fraction of sp³-hybridized carbons (Fsp3) is 1.00. The Morgan fingerprint density at radius 2 is 1.80 bits per heavy atom. The van der Waals surface area contributed by atoms with Crippen molar-refractivity contribution in [1.82, 2.24) is 5.32 Å². The first-order chi connectivity index (χ1) is 6.85. The van der Waals surface area contributed by atoms with Crippen LogP contribution in [0.1, 0.15) is 41.0 Å². The van der Waals surface area contributed by atoms with Gasteiger partial charge in [-0.3, -0.25) is 0 Å². The zero-order chi connectivity index (χ0) is 11.9. The number of rotatable bonds is 7. The Morgan fingerprint density at radius 3 is 2.27 bits per heavy atom. The Morgan fingerprint density at radius 1 is 1.20 bits per heavy atom. The van der Waals surface area contributed by atoms with Crippen molar-refractivity contribution in [2.45, 2.75) is 57.9 Å². The lowest BCUT2D eigenvalue weighted by Gasteiger charge is -2.24. The van der Waals surface area contributed by atoms with E-state index in [1.165, 1.54) is 5.75 Å². The Kier molecular flexibility index (Phi) is 7.66. The number of hydrogen-bond donors (Lipinski definition) is 1. The predicted octanol–water partition coefficient (Wildman–Crippen LogP) is 2.92. The van der Waals surface area contributed by atoms with Crippen molar-refractivity contribution in [2.24, 2.45) is 0 Å². The lowest BCUT2D eigenvalue weighted by atomic mass is 10.2. The molecule has 15 heavy (non-hydrogen) atoms. The standard InChI is InChI=1S/C12H27NOS/c1-10(7-8-14-6)13-11(2)9-15-12(3,4)5/h10-11,13H,7-9H2,1-6H3. The van der Waals surface area contributed by atoms with Gasteiger partial charge >= 0.3 is 0 Å². The average molecular weight is 233 g/mol. The third kappa shape index (κ3) is 10.6. The first-order valence-corrected chi connectivity index (χ1v) is 6.72. The van der Waals surface area contributed by atoms with E-state index >= 15 is 0 Å². The van der Waals surface area contributed by atoms with Gasteiger partial charge in [0.05, 0.1) is 0 Å². The van der Waals surface area contributed by atoms with Crippen molar-refractivity contribution in [3.05, 3.63) is 0 Å². The summed E-state index contributed by atoms with van der Waals surface area (Å²) in [6.07, 6.45) is 1.08. The van der Waals surface area contributed by atoms with E-state index in [-0.39, 0.29) is 0 Å². The molecule has 0 fully saturated rings. The quantitative estimate of drug-likeness (QED) is 0.730. The van der Waals surface area contributed by atoms with Crippen LogP contribution in [0.2, 0.25) is 0 Å². The SMILES string of the molecule is COCCC(C)NC(C)CSC(C)(C)C. The van der Waals surface area contributed by atoms with Crippen LogP contribution in [0.5, 0.6) is 0 Å². The molecule has 0 radical (unpaired) electrons. The van der Waals surface area contributed by atoms with E-state index in [0.29, 0.717) is 16.8 Å². The summed E-state index contributed by atoms with van der Waals surface area (Å²) in [5.41, 5.74) is 0. The van der Waals surface area contributed by atoms with Crippen molar-refractivity contribution in [3.63, 3.8) is 0 Å². The molecule has 0 aromatic heterocycles. The number of methoxy groups -OCH3 is 1. The second-order valence-electron chi connectivity index (χ2n) is 5.17. The Bertz CT molecular complexity index is 156. The lowest BCUT2D eigenvalue weighted by Crippen LogP contribution is -2.37. The Hall–Kier alpha value is 0.270. The second kappa shape index (κ2) is 7.53.